The molecule has 0 aliphatic rings. The topological polar surface area (TPSA) is 89.8 Å². The molecule has 0 atom stereocenters. The van der Waals surface area contributed by atoms with Crippen LogP contribution in [0.2, 0.25) is 0 Å². The van der Waals surface area contributed by atoms with Gasteiger partial charge in [0.2, 0.25) is 11.9 Å². The molecule has 2 aromatic heterocycles. The first kappa shape index (κ1) is 22.7. The van der Waals surface area contributed by atoms with Crippen LogP contribution in [0.1, 0.15) is 34.1 Å². The Balaban J connectivity index is 1.52. The van der Waals surface area contributed by atoms with Crippen LogP contribution in [0.4, 0.5) is 5.95 Å². The third-order valence-corrected chi connectivity index (χ3v) is 5.54. The number of aromatic amines is 1. The monoisotopic (exact) mass is 464 g/mol. The lowest BCUT2D eigenvalue weighted by Crippen LogP contribution is -2.26. The molecule has 8 nitrogen and oxygen atoms in total. The summed E-state index contributed by atoms with van der Waals surface area (Å²) >= 11 is 5.41. The molecule has 172 valence electrons. The van der Waals surface area contributed by atoms with Gasteiger partial charge in [-0.15, -0.1) is 0 Å². The van der Waals surface area contributed by atoms with Crippen molar-refractivity contribution in [3.63, 3.8) is 0 Å². The first-order valence-corrected chi connectivity index (χ1v) is 11.3. The van der Waals surface area contributed by atoms with Gasteiger partial charge in [-0.25, -0.2) is 4.98 Å². The summed E-state index contributed by atoms with van der Waals surface area (Å²) in [5, 5.41) is 10.2. The number of aromatic nitrogens is 5. The van der Waals surface area contributed by atoms with E-state index in [0.29, 0.717) is 29.7 Å². The minimum absolute atomic E-state index is 0.142. The lowest BCUT2D eigenvalue weighted by molar-refractivity contribution is -0.116. The molecule has 0 aliphatic heterocycles. The van der Waals surface area contributed by atoms with Crippen molar-refractivity contribution in [2.24, 2.45) is 0 Å². The number of benzene rings is 2. The molecule has 0 saturated carbocycles. The summed E-state index contributed by atoms with van der Waals surface area (Å²) in [5.41, 5.74) is 2.47. The number of carbonyl (C=O) groups excluding carboxylic acids is 1. The van der Waals surface area contributed by atoms with E-state index in [0.717, 1.165) is 22.3 Å². The van der Waals surface area contributed by atoms with E-state index in [1.165, 1.54) is 0 Å². The Morgan fingerprint density at radius 2 is 1.88 bits per heavy atom. The Bertz CT molecular complexity index is 1330. The van der Waals surface area contributed by atoms with Gasteiger partial charge >= 0.3 is 0 Å². The van der Waals surface area contributed by atoms with Crippen LogP contribution in [0.25, 0.3) is 22.4 Å². The molecule has 4 rings (SSSR count). The molecule has 33 heavy (non-hydrogen) atoms. The maximum Gasteiger partial charge on any atom is 0.228 e. The standard InChI is InChI=1S/C24H28N6O2S/c1-5-32-17-12-10-16(11-13-17)21-27-28-23(33)29(21)15-14-20(31)26-22-25-18-8-6-7-9-19(18)30(22)24(2,3)4/h6-13H,5,14-15H2,1-4H3,(H,28,33)(H,25,26,31). The fraction of sp³-hybridized carbons (Fsp3) is 0.333. The van der Waals surface area contributed by atoms with Gasteiger partial charge in [-0.2, -0.15) is 5.10 Å². The number of anilines is 1. The van der Waals surface area contributed by atoms with E-state index < -0.39 is 0 Å². The zero-order valence-corrected chi connectivity index (χ0v) is 20.1. The van der Waals surface area contributed by atoms with Gasteiger partial charge in [0, 0.05) is 24.1 Å². The molecule has 0 unspecified atom stereocenters. The van der Waals surface area contributed by atoms with Crippen molar-refractivity contribution in [2.45, 2.75) is 46.2 Å². The van der Waals surface area contributed by atoms with Crippen molar-refractivity contribution >= 4 is 35.1 Å². The Hall–Kier alpha value is -3.46. The molecule has 4 aromatic rings. The van der Waals surface area contributed by atoms with Gasteiger partial charge in [-0.1, -0.05) is 12.1 Å². The van der Waals surface area contributed by atoms with Crippen LogP contribution in [-0.2, 0) is 16.9 Å². The lowest BCUT2D eigenvalue weighted by atomic mass is 10.1. The van der Waals surface area contributed by atoms with Gasteiger partial charge in [0.15, 0.2) is 10.6 Å². The molecule has 2 N–H and O–H groups in total. The summed E-state index contributed by atoms with van der Waals surface area (Å²) in [6.07, 6.45) is 0.227. The number of fused-ring (bicyclic) bond motifs is 1. The van der Waals surface area contributed by atoms with Crippen molar-refractivity contribution < 1.29 is 9.53 Å². The molecule has 0 spiro atoms. The van der Waals surface area contributed by atoms with E-state index in [1.807, 2.05) is 60.0 Å². The molecule has 1 amide bonds. The highest BCUT2D eigenvalue weighted by Crippen LogP contribution is 2.28. The number of hydrogen-bond donors (Lipinski definition) is 2. The second-order valence-electron chi connectivity index (χ2n) is 8.69. The van der Waals surface area contributed by atoms with E-state index in [4.69, 9.17) is 17.0 Å². The average molecular weight is 465 g/mol. The number of ether oxygens (including phenoxy) is 1. The van der Waals surface area contributed by atoms with Crippen LogP contribution in [0.15, 0.2) is 48.5 Å². The SMILES string of the molecule is CCOc1ccc(-c2n[nH]c(=S)n2CCC(=O)Nc2nc3ccccc3n2C(C)(C)C)cc1. The van der Waals surface area contributed by atoms with Crippen LogP contribution in [0, 0.1) is 4.77 Å². The summed E-state index contributed by atoms with van der Waals surface area (Å²) < 4.78 is 9.85. The highest BCUT2D eigenvalue weighted by Gasteiger charge is 2.22. The second-order valence-corrected chi connectivity index (χ2v) is 9.08. The summed E-state index contributed by atoms with van der Waals surface area (Å²) in [6, 6.07) is 15.5. The molecular weight excluding hydrogens is 436 g/mol. The number of H-pyrrole nitrogens is 1. The maximum atomic E-state index is 12.9. The Morgan fingerprint density at radius 3 is 2.58 bits per heavy atom. The van der Waals surface area contributed by atoms with E-state index in [9.17, 15) is 4.79 Å². The summed E-state index contributed by atoms with van der Waals surface area (Å²) in [6.45, 7) is 9.20. The highest BCUT2D eigenvalue weighted by atomic mass is 32.1. The van der Waals surface area contributed by atoms with Gasteiger partial charge in [0.05, 0.1) is 17.6 Å². The zero-order valence-electron chi connectivity index (χ0n) is 19.3. The first-order valence-electron chi connectivity index (χ1n) is 10.9. The molecular formula is C24H28N6O2S. The number of amides is 1. The number of rotatable bonds is 7. The third kappa shape index (κ3) is 4.83. The molecule has 0 saturated heterocycles. The fourth-order valence-corrected chi connectivity index (χ4v) is 4.03. The number of para-hydroxylation sites is 2. The highest BCUT2D eigenvalue weighted by molar-refractivity contribution is 7.71. The number of nitrogens with zero attached hydrogens (tertiary/aromatic N) is 4. The second kappa shape index (κ2) is 9.19. The average Bonchev–Trinajstić information content (AvgIpc) is 3.32. The van der Waals surface area contributed by atoms with E-state index >= 15 is 0 Å². The third-order valence-electron chi connectivity index (χ3n) is 5.23. The minimum Gasteiger partial charge on any atom is -0.494 e. The first-order chi connectivity index (χ1) is 15.8. The van der Waals surface area contributed by atoms with E-state index in [2.05, 4.69) is 45.8 Å². The predicted molar refractivity (Wildman–Crippen MR) is 132 cm³/mol. The van der Waals surface area contributed by atoms with Gasteiger partial charge in [0.1, 0.15) is 5.75 Å². The van der Waals surface area contributed by atoms with Gasteiger partial charge in [-0.05, 0) is 76.3 Å². The summed E-state index contributed by atoms with van der Waals surface area (Å²) in [4.78, 5) is 17.5. The Labute approximate surface area is 197 Å². The maximum absolute atomic E-state index is 12.9. The number of hydrogen-bond acceptors (Lipinski definition) is 5. The Morgan fingerprint density at radius 1 is 1.15 bits per heavy atom. The molecule has 2 heterocycles. The van der Waals surface area contributed by atoms with Gasteiger partial charge < -0.3 is 9.30 Å². The minimum atomic E-state index is -0.243. The molecule has 0 fully saturated rings. The van der Waals surface area contributed by atoms with E-state index in [-0.39, 0.29) is 17.9 Å². The van der Waals surface area contributed by atoms with Crippen molar-refractivity contribution in [3.05, 3.63) is 53.3 Å². The van der Waals surface area contributed by atoms with Crippen molar-refractivity contribution in [3.8, 4) is 17.1 Å². The Kier molecular flexibility index (Phi) is 6.33. The van der Waals surface area contributed by atoms with Crippen LogP contribution in [-0.4, -0.2) is 36.8 Å². The zero-order chi connectivity index (χ0) is 23.6. The van der Waals surface area contributed by atoms with Crippen molar-refractivity contribution in [1.82, 2.24) is 24.3 Å². The van der Waals surface area contributed by atoms with Crippen molar-refractivity contribution in [2.75, 3.05) is 11.9 Å². The molecule has 9 heteroatoms. The quantitative estimate of drug-likeness (QED) is 0.370. The van der Waals surface area contributed by atoms with Gasteiger partial charge in [-0.3, -0.25) is 19.8 Å². The summed E-state index contributed by atoms with van der Waals surface area (Å²) in [7, 11) is 0. The largest absolute Gasteiger partial charge is 0.494 e. The van der Waals surface area contributed by atoms with Crippen LogP contribution >= 0.6 is 12.2 Å². The van der Waals surface area contributed by atoms with Crippen LogP contribution in [0.3, 0.4) is 0 Å². The number of nitrogens with one attached hydrogen (secondary N) is 2. The molecule has 0 bridgehead atoms. The van der Waals surface area contributed by atoms with Gasteiger partial charge in [0.25, 0.3) is 0 Å². The number of carbonyl (C=O) groups is 1. The lowest BCUT2D eigenvalue weighted by Gasteiger charge is -2.24. The van der Waals surface area contributed by atoms with Crippen LogP contribution < -0.4 is 10.1 Å². The van der Waals surface area contributed by atoms with Crippen molar-refractivity contribution in [1.29, 1.82) is 0 Å². The molecule has 0 radical (unpaired) electrons. The normalized spacial score (nSPS) is 11.6. The predicted octanol–water partition coefficient (Wildman–Crippen LogP) is 5.14. The number of imidazole rings is 1. The van der Waals surface area contributed by atoms with Crippen LogP contribution in [0.5, 0.6) is 5.75 Å². The summed E-state index contributed by atoms with van der Waals surface area (Å²) in [5.74, 6) is 1.87. The van der Waals surface area contributed by atoms with E-state index in [1.54, 1.807) is 0 Å². The fourth-order valence-electron chi connectivity index (χ4n) is 3.80. The molecule has 0 aliphatic carbocycles. The molecule has 2 aromatic carbocycles. The smallest absolute Gasteiger partial charge is 0.228 e.